The van der Waals surface area contributed by atoms with E-state index in [1.807, 2.05) is 41.4 Å². The molecule has 0 fully saturated rings. The SMILES string of the molecule is CCCCCCCCCCCCCCCCOc1ccc(CN(C(C)=O)c2cccc(CC3(C)CN=CC=C3C)c2)cc1Cl. The normalized spacial score (nSPS) is 16.2. The van der Waals surface area contributed by atoms with Crippen LogP contribution in [-0.4, -0.2) is 25.3 Å². The van der Waals surface area contributed by atoms with E-state index in [4.69, 9.17) is 16.3 Å². The zero-order chi connectivity index (χ0) is 31.6. The summed E-state index contributed by atoms with van der Waals surface area (Å²) >= 11 is 6.62. The minimum Gasteiger partial charge on any atom is -0.492 e. The molecule has 0 aromatic heterocycles. The molecule has 0 spiro atoms. The number of unbranched alkanes of at least 4 members (excludes halogenated alkanes) is 13. The first-order valence-electron chi connectivity index (χ1n) is 17.3. The second kappa shape index (κ2) is 19.7. The number of amides is 1. The van der Waals surface area contributed by atoms with E-state index in [9.17, 15) is 4.79 Å². The molecule has 0 saturated carbocycles. The van der Waals surface area contributed by atoms with Crippen LogP contribution in [0.4, 0.5) is 5.69 Å². The molecule has 3 rings (SSSR count). The number of carbonyl (C=O) groups excluding carboxylic acids is 1. The number of allylic oxidation sites excluding steroid dienone is 1. The summed E-state index contributed by atoms with van der Waals surface area (Å²) < 4.78 is 6.01. The zero-order valence-corrected chi connectivity index (χ0v) is 28.8. The number of aliphatic imine (C=N–C) groups is 1. The fourth-order valence-corrected chi connectivity index (χ4v) is 6.29. The highest BCUT2D eigenvalue weighted by atomic mass is 35.5. The first-order valence-corrected chi connectivity index (χ1v) is 17.7. The lowest BCUT2D eigenvalue weighted by Crippen LogP contribution is -2.29. The van der Waals surface area contributed by atoms with Crippen molar-refractivity contribution in [1.82, 2.24) is 0 Å². The summed E-state index contributed by atoms with van der Waals surface area (Å²) in [6.07, 6.45) is 23.7. The summed E-state index contributed by atoms with van der Waals surface area (Å²) in [6.45, 7) is 10.3. The number of anilines is 1. The van der Waals surface area contributed by atoms with Gasteiger partial charge in [-0.1, -0.05) is 133 Å². The lowest BCUT2D eigenvalue weighted by Gasteiger charge is -2.31. The van der Waals surface area contributed by atoms with E-state index in [0.29, 0.717) is 23.9 Å². The molecule has 0 bridgehead atoms. The Bertz CT molecular complexity index is 1210. The van der Waals surface area contributed by atoms with Gasteiger partial charge in [0.1, 0.15) is 5.75 Å². The Morgan fingerprint density at radius 3 is 2.11 bits per heavy atom. The van der Waals surface area contributed by atoms with E-state index in [2.05, 4.69) is 44.0 Å². The average molecular weight is 621 g/mol. The number of nitrogens with zero attached hydrogens (tertiary/aromatic N) is 2. The smallest absolute Gasteiger partial charge is 0.224 e. The summed E-state index contributed by atoms with van der Waals surface area (Å²) in [5, 5.41) is 0.596. The van der Waals surface area contributed by atoms with Crippen LogP contribution in [0.5, 0.6) is 5.75 Å². The van der Waals surface area contributed by atoms with Crippen LogP contribution in [0.1, 0.15) is 129 Å². The van der Waals surface area contributed by atoms with Gasteiger partial charge >= 0.3 is 0 Å². The topological polar surface area (TPSA) is 41.9 Å². The highest BCUT2D eigenvalue weighted by Gasteiger charge is 2.28. The van der Waals surface area contributed by atoms with Gasteiger partial charge in [0, 0.05) is 30.8 Å². The lowest BCUT2D eigenvalue weighted by atomic mass is 9.76. The zero-order valence-electron chi connectivity index (χ0n) is 28.0. The Kier molecular flexibility index (Phi) is 16.1. The number of halogens is 1. The number of hydrogen-bond donors (Lipinski definition) is 0. The predicted octanol–water partition coefficient (Wildman–Crippen LogP) is 11.3. The molecule has 1 amide bonds. The molecule has 5 heteroatoms. The number of rotatable bonds is 21. The third-order valence-corrected chi connectivity index (χ3v) is 9.41. The molecule has 1 atom stereocenters. The molecule has 242 valence electrons. The molecule has 44 heavy (non-hydrogen) atoms. The van der Waals surface area contributed by atoms with Crippen molar-refractivity contribution in [2.45, 2.75) is 131 Å². The molecular weight excluding hydrogens is 564 g/mol. The van der Waals surface area contributed by atoms with Gasteiger partial charge < -0.3 is 9.64 Å². The second-order valence-electron chi connectivity index (χ2n) is 13.1. The summed E-state index contributed by atoms with van der Waals surface area (Å²) in [4.78, 5) is 19.0. The summed E-state index contributed by atoms with van der Waals surface area (Å²) in [5.41, 5.74) is 4.40. The Morgan fingerprint density at radius 1 is 0.886 bits per heavy atom. The quantitative estimate of drug-likeness (QED) is 0.130. The number of hydrogen-bond acceptors (Lipinski definition) is 3. The van der Waals surface area contributed by atoms with Crippen LogP contribution < -0.4 is 9.64 Å². The van der Waals surface area contributed by atoms with Crippen LogP contribution in [0, 0.1) is 5.41 Å². The van der Waals surface area contributed by atoms with Crippen molar-refractivity contribution in [2.75, 3.05) is 18.1 Å². The predicted molar refractivity (Wildman–Crippen MR) is 189 cm³/mol. The maximum absolute atomic E-state index is 12.7. The fourth-order valence-electron chi connectivity index (χ4n) is 6.03. The van der Waals surface area contributed by atoms with Crippen molar-refractivity contribution in [1.29, 1.82) is 0 Å². The molecular formula is C39H57ClN2O2. The number of carbonyl (C=O) groups is 1. The standard InChI is InChI=1S/C39H57ClN2O2/c1-5-6-7-8-9-10-11-12-13-14-15-16-17-18-26-44-38-23-22-35(28-37(38)40)30-42(33(3)43)36-21-19-20-34(27-36)29-39(4)31-41-25-24-32(39)2/h19-25,27-28H,5-18,26,29-31H2,1-4H3. The van der Waals surface area contributed by atoms with E-state index in [1.54, 1.807) is 6.92 Å². The maximum Gasteiger partial charge on any atom is 0.224 e. The third-order valence-electron chi connectivity index (χ3n) is 9.11. The van der Waals surface area contributed by atoms with Crippen molar-refractivity contribution in [3.8, 4) is 5.75 Å². The molecule has 0 radical (unpaired) electrons. The molecule has 2 aromatic carbocycles. The molecule has 4 nitrogen and oxygen atoms in total. The Morgan fingerprint density at radius 2 is 1.52 bits per heavy atom. The van der Waals surface area contributed by atoms with Crippen LogP contribution in [0.2, 0.25) is 5.02 Å². The van der Waals surface area contributed by atoms with E-state index >= 15 is 0 Å². The monoisotopic (exact) mass is 620 g/mol. The number of benzene rings is 2. The number of ether oxygens (including phenoxy) is 1. The molecule has 1 aliphatic rings. The highest BCUT2D eigenvalue weighted by molar-refractivity contribution is 6.32. The van der Waals surface area contributed by atoms with Crippen LogP contribution >= 0.6 is 11.6 Å². The summed E-state index contributed by atoms with van der Waals surface area (Å²) in [7, 11) is 0. The lowest BCUT2D eigenvalue weighted by molar-refractivity contribution is -0.116. The van der Waals surface area contributed by atoms with Crippen molar-refractivity contribution >= 4 is 29.4 Å². The Labute approximate surface area is 273 Å². The van der Waals surface area contributed by atoms with Gasteiger partial charge in [-0.25, -0.2) is 0 Å². The van der Waals surface area contributed by atoms with Gasteiger partial charge in [-0.15, -0.1) is 0 Å². The highest BCUT2D eigenvalue weighted by Crippen LogP contribution is 2.34. The molecule has 1 aliphatic heterocycles. The van der Waals surface area contributed by atoms with Gasteiger partial charge in [-0.3, -0.25) is 9.79 Å². The Balaban J connectivity index is 1.38. The minimum absolute atomic E-state index is 0.000887. The van der Waals surface area contributed by atoms with E-state index < -0.39 is 0 Å². The largest absolute Gasteiger partial charge is 0.492 e. The first-order chi connectivity index (χ1) is 21.3. The van der Waals surface area contributed by atoms with Crippen LogP contribution in [0.15, 0.2) is 59.1 Å². The van der Waals surface area contributed by atoms with Gasteiger partial charge in [0.05, 0.1) is 18.2 Å². The maximum atomic E-state index is 12.7. The molecule has 0 N–H and O–H groups in total. The van der Waals surface area contributed by atoms with Crippen molar-refractivity contribution in [2.24, 2.45) is 10.4 Å². The molecule has 0 aliphatic carbocycles. The van der Waals surface area contributed by atoms with Gasteiger partial charge in [0.2, 0.25) is 5.91 Å². The van der Waals surface area contributed by atoms with E-state index in [-0.39, 0.29) is 11.3 Å². The van der Waals surface area contributed by atoms with Crippen molar-refractivity contribution in [3.63, 3.8) is 0 Å². The van der Waals surface area contributed by atoms with E-state index in [1.165, 1.54) is 94.6 Å². The van der Waals surface area contributed by atoms with Crippen molar-refractivity contribution < 1.29 is 9.53 Å². The van der Waals surface area contributed by atoms with Gasteiger partial charge in [0.25, 0.3) is 0 Å². The van der Waals surface area contributed by atoms with Crippen LogP contribution in [-0.2, 0) is 17.8 Å². The van der Waals surface area contributed by atoms with Crippen LogP contribution in [0.3, 0.4) is 0 Å². The first kappa shape index (κ1) is 35.9. The average Bonchev–Trinajstić information content (AvgIpc) is 3.00. The van der Waals surface area contributed by atoms with Gasteiger partial charge in [-0.05, 0) is 61.2 Å². The van der Waals surface area contributed by atoms with Crippen LogP contribution in [0.25, 0.3) is 0 Å². The van der Waals surface area contributed by atoms with E-state index in [0.717, 1.165) is 30.6 Å². The fraction of sp³-hybridized carbons (Fsp3) is 0.590. The summed E-state index contributed by atoms with van der Waals surface area (Å²) in [6, 6.07) is 14.2. The Hall–Kier alpha value is -2.59. The molecule has 1 heterocycles. The minimum atomic E-state index is -0.00947. The third kappa shape index (κ3) is 12.4. The van der Waals surface area contributed by atoms with Gasteiger partial charge in [-0.2, -0.15) is 0 Å². The van der Waals surface area contributed by atoms with Crippen molar-refractivity contribution in [3.05, 3.63) is 70.3 Å². The second-order valence-corrected chi connectivity index (χ2v) is 13.5. The summed E-state index contributed by atoms with van der Waals surface area (Å²) in [5.74, 6) is 0.717. The molecule has 0 saturated heterocycles. The van der Waals surface area contributed by atoms with Gasteiger partial charge in [0.15, 0.2) is 0 Å². The number of dihydropyridines is 1. The molecule has 1 unspecified atom stereocenters. The molecule has 2 aromatic rings.